The summed E-state index contributed by atoms with van der Waals surface area (Å²) in [4.78, 5) is 28.5. The third-order valence-electron chi connectivity index (χ3n) is 4.00. The predicted octanol–water partition coefficient (Wildman–Crippen LogP) is 2.88. The minimum atomic E-state index is -4.93. The number of furan rings is 1. The number of alkyl halides is 3. The van der Waals surface area contributed by atoms with Gasteiger partial charge in [0.2, 0.25) is 0 Å². The van der Waals surface area contributed by atoms with Crippen molar-refractivity contribution >= 4 is 23.2 Å². The highest BCUT2D eigenvalue weighted by molar-refractivity contribution is 7.13. The fourth-order valence-electron chi connectivity index (χ4n) is 2.56. The molecule has 3 rings (SSSR count). The number of amides is 1. The van der Waals surface area contributed by atoms with E-state index in [1.807, 2.05) is 0 Å². The van der Waals surface area contributed by atoms with E-state index < -0.39 is 36.4 Å². The molecular weight excluding hydrogens is 349 g/mol. The minimum absolute atomic E-state index is 0.0143. The third kappa shape index (κ3) is 2.56. The van der Waals surface area contributed by atoms with Crippen molar-refractivity contribution in [3.8, 4) is 10.6 Å². The summed E-state index contributed by atoms with van der Waals surface area (Å²) in [6, 6.07) is 1.64. The van der Waals surface area contributed by atoms with Gasteiger partial charge < -0.3 is 14.4 Å². The Labute approximate surface area is 137 Å². The topological polar surface area (TPSA) is 83.6 Å². The molecule has 3 heterocycles. The number of carbonyl (C=O) groups excluding carboxylic acids is 1. The van der Waals surface area contributed by atoms with Crippen molar-refractivity contribution < 1.29 is 32.3 Å². The predicted molar refractivity (Wildman–Crippen MR) is 76.5 cm³/mol. The maximum Gasteiger partial charge on any atom is 0.406 e. The minimum Gasteiger partial charge on any atom is -0.481 e. The number of aromatic nitrogens is 1. The number of thiazole rings is 1. The zero-order chi connectivity index (χ0) is 17.5. The number of halogens is 3. The second-order valence-electron chi connectivity index (χ2n) is 5.41. The molecule has 0 spiro atoms. The number of hydrogen-bond acceptors (Lipinski definition) is 5. The van der Waals surface area contributed by atoms with Crippen molar-refractivity contribution in [1.82, 2.24) is 9.88 Å². The summed E-state index contributed by atoms with van der Waals surface area (Å²) < 4.78 is 44.4. The fraction of sp³-hybridized carbons (Fsp3) is 0.357. The van der Waals surface area contributed by atoms with Crippen molar-refractivity contribution in [2.75, 3.05) is 13.1 Å². The van der Waals surface area contributed by atoms with Crippen LogP contribution in [0, 0.1) is 5.41 Å². The van der Waals surface area contributed by atoms with Crippen LogP contribution in [0.4, 0.5) is 13.2 Å². The number of carboxylic acid groups (broad SMARTS) is 1. The van der Waals surface area contributed by atoms with E-state index in [1.165, 1.54) is 17.9 Å². The molecule has 0 aromatic carbocycles. The van der Waals surface area contributed by atoms with E-state index in [4.69, 9.17) is 9.52 Å². The summed E-state index contributed by atoms with van der Waals surface area (Å²) in [5.74, 6) is -2.68. The molecule has 0 bridgehead atoms. The number of carbonyl (C=O) groups is 2. The maximum absolute atomic E-state index is 13.2. The molecule has 1 aliphatic heterocycles. The molecule has 1 fully saturated rings. The Morgan fingerprint density at radius 3 is 2.71 bits per heavy atom. The number of rotatable bonds is 3. The molecule has 1 atom stereocenters. The largest absolute Gasteiger partial charge is 0.481 e. The maximum atomic E-state index is 13.2. The molecule has 6 nitrogen and oxygen atoms in total. The molecule has 1 aliphatic rings. The summed E-state index contributed by atoms with van der Waals surface area (Å²) in [5.41, 5.74) is -2.29. The van der Waals surface area contributed by atoms with Crippen molar-refractivity contribution in [3.63, 3.8) is 0 Å². The van der Waals surface area contributed by atoms with Gasteiger partial charge in [-0.05, 0) is 12.5 Å². The number of hydrogen-bond donors (Lipinski definition) is 1. The summed E-state index contributed by atoms with van der Waals surface area (Å²) >= 11 is 1.15. The summed E-state index contributed by atoms with van der Waals surface area (Å²) in [7, 11) is 0. The molecule has 2 aromatic rings. The van der Waals surface area contributed by atoms with Crippen molar-refractivity contribution in [1.29, 1.82) is 0 Å². The van der Waals surface area contributed by atoms with Gasteiger partial charge in [-0.3, -0.25) is 9.59 Å². The van der Waals surface area contributed by atoms with Crippen molar-refractivity contribution in [3.05, 3.63) is 29.7 Å². The lowest BCUT2D eigenvalue weighted by Gasteiger charge is -2.27. The average molecular weight is 360 g/mol. The van der Waals surface area contributed by atoms with Gasteiger partial charge in [0.15, 0.2) is 5.41 Å². The van der Waals surface area contributed by atoms with E-state index in [0.29, 0.717) is 10.6 Å². The molecule has 1 amide bonds. The van der Waals surface area contributed by atoms with Crippen LogP contribution in [0.1, 0.15) is 16.9 Å². The zero-order valence-corrected chi connectivity index (χ0v) is 12.9. The Morgan fingerprint density at radius 1 is 1.42 bits per heavy atom. The molecule has 0 saturated carbocycles. The second kappa shape index (κ2) is 5.62. The van der Waals surface area contributed by atoms with E-state index in [1.54, 1.807) is 6.07 Å². The molecule has 0 aliphatic carbocycles. The standard InChI is InChI=1S/C14H11F3N2O4S/c15-14(16,17)13(12(21)22)2-3-19(7-13)11(20)9-6-24-10(18-9)8-1-4-23-5-8/h1,4-6H,2-3,7H2,(H,21,22). The Balaban J connectivity index is 1.81. The molecule has 10 heteroatoms. The number of likely N-dealkylation sites (tertiary alicyclic amines) is 1. The first kappa shape index (κ1) is 16.5. The van der Waals surface area contributed by atoms with Crippen molar-refractivity contribution in [2.24, 2.45) is 5.41 Å². The van der Waals surface area contributed by atoms with Crippen LogP contribution in [0.3, 0.4) is 0 Å². The number of nitrogens with zero attached hydrogens (tertiary/aromatic N) is 2. The summed E-state index contributed by atoms with van der Waals surface area (Å²) in [5, 5.41) is 10.9. The van der Waals surface area contributed by atoms with Crippen LogP contribution in [-0.4, -0.2) is 46.1 Å². The van der Waals surface area contributed by atoms with Crippen LogP contribution in [0.2, 0.25) is 0 Å². The Kier molecular flexibility index (Phi) is 3.86. The van der Waals surface area contributed by atoms with Crippen LogP contribution >= 0.6 is 11.3 Å². The summed E-state index contributed by atoms with van der Waals surface area (Å²) in [6.07, 6.45) is -2.74. The third-order valence-corrected chi connectivity index (χ3v) is 4.89. The van der Waals surface area contributed by atoms with Crippen molar-refractivity contribution in [2.45, 2.75) is 12.6 Å². The molecule has 1 N–H and O–H groups in total. The second-order valence-corrected chi connectivity index (χ2v) is 6.27. The normalized spacial score (nSPS) is 21.2. The smallest absolute Gasteiger partial charge is 0.406 e. The van der Waals surface area contributed by atoms with E-state index in [0.717, 1.165) is 16.2 Å². The van der Waals surface area contributed by atoms with Crippen LogP contribution in [0.25, 0.3) is 10.6 Å². The zero-order valence-electron chi connectivity index (χ0n) is 12.0. The average Bonchev–Trinajstić information content (AvgIpc) is 3.24. The molecular formula is C14H11F3N2O4S. The van der Waals surface area contributed by atoms with Crippen LogP contribution < -0.4 is 0 Å². The quantitative estimate of drug-likeness (QED) is 0.910. The van der Waals surface area contributed by atoms with E-state index >= 15 is 0 Å². The molecule has 0 radical (unpaired) electrons. The van der Waals surface area contributed by atoms with Gasteiger partial charge in [-0.25, -0.2) is 4.98 Å². The van der Waals surface area contributed by atoms with Gasteiger partial charge in [0, 0.05) is 24.0 Å². The van der Waals surface area contributed by atoms with Crippen LogP contribution in [0.5, 0.6) is 0 Å². The number of aliphatic carboxylic acids is 1. The molecule has 128 valence electrons. The Morgan fingerprint density at radius 2 is 2.17 bits per heavy atom. The first-order chi connectivity index (χ1) is 11.2. The lowest BCUT2D eigenvalue weighted by Crippen LogP contribution is -2.47. The fourth-order valence-corrected chi connectivity index (χ4v) is 3.34. The monoisotopic (exact) mass is 360 g/mol. The molecule has 1 saturated heterocycles. The Hall–Kier alpha value is -2.36. The van der Waals surface area contributed by atoms with Gasteiger partial charge in [-0.15, -0.1) is 11.3 Å². The van der Waals surface area contributed by atoms with Gasteiger partial charge in [-0.2, -0.15) is 13.2 Å². The number of carboxylic acids is 1. The van der Waals surface area contributed by atoms with Gasteiger partial charge in [0.1, 0.15) is 17.0 Å². The highest BCUT2D eigenvalue weighted by Gasteiger charge is 2.64. The SMILES string of the molecule is O=C(c1csc(-c2ccoc2)n1)N1CCC(C(=O)O)(C(F)(F)F)C1. The molecule has 24 heavy (non-hydrogen) atoms. The van der Waals surface area contributed by atoms with E-state index in [2.05, 4.69) is 4.98 Å². The summed E-state index contributed by atoms with van der Waals surface area (Å²) in [6.45, 7) is -1.20. The van der Waals surface area contributed by atoms with Gasteiger partial charge >= 0.3 is 12.1 Å². The van der Waals surface area contributed by atoms with Gasteiger partial charge in [0.05, 0.1) is 6.26 Å². The molecule has 2 aromatic heterocycles. The highest BCUT2D eigenvalue weighted by Crippen LogP contribution is 2.46. The van der Waals surface area contributed by atoms with Gasteiger partial charge in [-0.1, -0.05) is 0 Å². The highest BCUT2D eigenvalue weighted by atomic mass is 32.1. The first-order valence-electron chi connectivity index (χ1n) is 6.82. The van der Waals surface area contributed by atoms with Gasteiger partial charge in [0.25, 0.3) is 5.91 Å². The Bertz CT molecular complexity index is 771. The lowest BCUT2D eigenvalue weighted by molar-refractivity contribution is -0.227. The lowest BCUT2D eigenvalue weighted by atomic mass is 9.86. The van der Waals surface area contributed by atoms with Crippen LogP contribution in [0.15, 0.2) is 28.4 Å². The van der Waals surface area contributed by atoms with E-state index in [-0.39, 0.29) is 12.2 Å². The van der Waals surface area contributed by atoms with E-state index in [9.17, 15) is 22.8 Å². The molecule has 1 unspecified atom stereocenters. The van der Waals surface area contributed by atoms with Crippen LogP contribution in [-0.2, 0) is 4.79 Å². The first-order valence-corrected chi connectivity index (χ1v) is 7.70.